The van der Waals surface area contributed by atoms with E-state index in [1.165, 1.54) is 0 Å². The minimum absolute atomic E-state index is 0.285. The van der Waals surface area contributed by atoms with Crippen LogP contribution in [-0.2, 0) is 4.74 Å². The predicted molar refractivity (Wildman–Crippen MR) is 77.8 cm³/mol. The van der Waals surface area contributed by atoms with Crippen molar-refractivity contribution >= 4 is 12.0 Å². The molecule has 102 valence electrons. The Hall–Kier alpha value is -2.62. The number of benzene rings is 1. The number of esters is 1. The molecule has 0 aliphatic carbocycles. The van der Waals surface area contributed by atoms with E-state index in [-0.39, 0.29) is 5.69 Å². The third-order valence-corrected chi connectivity index (χ3v) is 2.60. The number of hydrogen-bond donors (Lipinski definition) is 0. The maximum atomic E-state index is 12.0. The molecule has 0 saturated heterocycles. The number of nitrogens with zero attached hydrogens (tertiary/aromatic N) is 2. The second-order valence-corrected chi connectivity index (χ2v) is 4.39. The van der Waals surface area contributed by atoms with Crippen LogP contribution in [0.25, 0.3) is 6.08 Å². The highest BCUT2D eigenvalue weighted by atomic mass is 16.5. The van der Waals surface area contributed by atoms with Crippen molar-refractivity contribution in [2.24, 2.45) is 0 Å². The zero-order valence-corrected chi connectivity index (χ0v) is 11.5. The van der Waals surface area contributed by atoms with Crippen LogP contribution in [-0.4, -0.2) is 29.9 Å². The molecule has 0 fully saturated rings. The average Bonchev–Trinajstić information content (AvgIpc) is 2.48. The van der Waals surface area contributed by atoms with E-state index in [0.29, 0.717) is 5.88 Å². The van der Waals surface area contributed by atoms with E-state index in [2.05, 4.69) is 4.98 Å². The molecule has 0 bridgehead atoms. The zero-order valence-electron chi connectivity index (χ0n) is 11.5. The van der Waals surface area contributed by atoms with Crippen molar-refractivity contribution in [1.82, 2.24) is 9.88 Å². The number of pyridine rings is 1. The lowest BCUT2D eigenvalue weighted by atomic mass is 10.2. The smallest absolute Gasteiger partial charge is 0.363 e. The second kappa shape index (κ2) is 6.52. The minimum Gasteiger partial charge on any atom is -0.405 e. The molecule has 1 aromatic carbocycles. The van der Waals surface area contributed by atoms with Crippen molar-refractivity contribution in [2.75, 3.05) is 14.1 Å². The first-order valence-electron chi connectivity index (χ1n) is 6.24. The van der Waals surface area contributed by atoms with Gasteiger partial charge >= 0.3 is 5.97 Å². The lowest BCUT2D eigenvalue weighted by molar-refractivity contribution is 0.0539. The van der Waals surface area contributed by atoms with Gasteiger partial charge in [0.2, 0.25) is 0 Å². The molecular formula is C16H16N2O2. The van der Waals surface area contributed by atoms with Crippen molar-refractivity contribution in [3.8, 4) is 0 Å². The van der Waals surface area contributed by atoms with Gasteiger partial charge in [-0.1, -0.05) is 36.4 Å². The Bertz CT molecular complexity index is 592. The van der Waals surface area contributed by atoms with Crippen molar-refractivity contribution in [3.63, 3.8) is 0 Å². The molecule has 2 aromatic rings. The Balaban J connectivity index is 2.19. The Kier molecular flexibility index (Phi) is 4.50. The van der Waals surface area contributed by atoms with E-state index < -0.39 is 5.97 Å². The van der Waals surface area contributed by atoms with Gasteiger partial charge in [0.25, 0.3) is 0 Å². The normalized spacial score (nSPS) is 11.0. The molecule has 0 radical (unpaired) electrons. The second-order valence-electron chi connectivity index (χ2n) is 4.39. The van der Waals surface area contributed by atoms with Crippen LogP contribution < -0.4 is 0 Å². The molecule has 0 atom stereocenters. The summed E-state index contributed by atoms with van der Waals surface area (Å²) in [6.45, 7) is 0. The summed E-state index contributed by atoms with van der Waals surface area (Å²) in [7, 11) is 3.64. The van der Waals surface area contributed by atoms with Gasteiger partial charge in [-0.25, -0.2) is 9.78 Å². The highest BCUT2D eigenvalue weighted by molar-refractivity contribution is 5.88. The fraction of sp³-hybridized carbons (Fsp3) is 0.125. The van der Waals surface area contributed by atoms with Crippen LogP contribution in [0, 0.1) is 0 Å². The summed E-state index contributed by atoms with van der Waals surface area (Å²) in [4.78, 5) is 17.7. The summed E-state index contributed by atoms with van der Waals surface area (Å²) in [5.74, 6) is -0.00617. The van der Waals surface area contributed by atoms with Crippen LogP contribution in [0.3, 0.4) is 0 Å². The molecule has 4 heteroatoms. The Morgan fingerprint density at radius 1 is 1.10 bits per heavy atom. The summed E-state index contributed by atoms with van der Waals surface area (Å²) < 4.78 is 5.39. The summed E-state index contributed by atoms with van der Waals surface area (Å²) in [6, 6.07) is 14.8. The van der Waals surface area contributed by atoms with E-state index in [9.17, 15) is 4.79 Å². The summed E-state index contributed by atoms with van der Waals surface area (Å²) in [6.07, 6.45) is 3.37. The molecule has 0 aliphatic heterocycles. The molecule has 0 saturated carbocycles. The Labute approximate surface area is 118 Å². The van der Waals surface area contributed by atoms with Crippen LogP contribution in [0.5, 0.6) is 0 Å². The van der Waals surface area contributed by atoms with Crippen LogP contribution >= 0.6 is 0 Å². The van der Waals surface area contributed by atoms with E-state index >= 15 is 0 Å². The molecule has 0 unspecified atom stereocenters. The fourth-order valence-corrected chi connectivity index (χ4v) is 1.57. The average molecular weight is 268 g/mol. The third-order valence-electron chi connectivity index (χ3n) is 2.60. The molecule has 0 aliphatic rings. The van der Waals surface area contributed by atoms with Gasteiger partial charge < -0.3 is 9.64 Å². The van der Waals surface area contributed by atoms with Crippen LogP contribution in [0.2, 0.25) is 0 Å². The number of hydrogen-bond acceptors (Lipinski definition) is 4. The Morgan fingerprint density at radius 2 is 1.80 bits per heavy atom. The molecular weight excluding hydrogens is 252 g/mol. The fourth-order valence-electron chi connectivity index (χ4n) is 1.57. The number of carbonyl (C=O) groups is 1. The van der Waals surface area contributed by atoms with Crippen molar-refractivity contribution in [1.29, 1.82) is 0 Å². The summed E-state index contributed by atoms with van der Waals surface area (Å²) in [5.41, 5.74) is 1.25. The maximum absolute atomic E-state index is 12.0. The van der Waals surface area contributed by atoms with Gasteiger partial charge in [-0.2, -0.15) is 0 Å². The molecule has 1 aromatic heterocycles. The van der Waals surface area contributed by atoms with Gasteiger partial charge in [0, 0.05) is 26.4 Å². The number of rotatable bonds is 4. The topological polar surface area (TPSA) is 42.4 Å². The highest BCUT2D eigenvalue weighted by Crippen LogP contribution is 2.12. The third kappa shape index (κ3) is 3.68. The highest BCUT2D eigenvalue weighted by Gasteiger charge is 2.12. The van der Waals surface area contributed by atoms with Crippen LogP contribution in [0.15, 0.2) is 60.6 Å². The van der Waals surface area contributed by atoms with Gasteiger partial charge in [0.05, 0.1) is 0 Å². The van der Waals surface area contributed by atoms with E-state index in [1.54, 1.807) is 35.4 Å². The monoisotopic (exact) mass is 268 g/mol. The van der Waals surface area contributed by atoms with Crippen molar-refractivity contribution in [3.05, 3.63) is 71.9 Å². The SMILES string of the molecule is CN(C)C(=Cc1ccccc1)OC(=O)c1ccccn1. The van der Waals surface area contributed by atoms with Crippen molar-refractivity contribution < 1.29 is 9.53 Å². The van der Waals surface area contributed by atoms with Crippen molar-refractivity contribution in [2.45, 2.75) is 0 Å². The van der Waals surface area contributed by atoms with Gasteiger partial charge in [-0.15, -0.1) is 0 Å². The molecule has 0 amide bonds. The van der Waals surface area contributed by atoms with Gasteiger partial charge in [0.15, 0.2) is 5.88 Å². The van der Waals surface area contributed by atoms with Crippen LogP contribution in [0.4, 0.5) is 0 Å². The molecule has 2 rings (SSSR count). The maximum Gasteiger partial charge on any atom is 0.363 e. The lowest BCUT2D eigenvalue weighted by Crippen LogP contribution is -2.18. The van der Waals surface area contributed by atoms with E-state index in [1.807, 2.05) is 44.4 Å². The predicted octanol–water partition coefficient (Wildman–Crippen LogP) is 2.80. The molecule has 1 heterocycles. The Morgan fingerprint density at radius 3 is 2.40 bits per heavy atom. The quantitative estimate of drug-likeness (QED) is 0.631. The van der Waals surface area contributed by atoms with Gasteiger partial charge in [0.1, 0.15) is 5.69 Å². The number of aromatic nitrogens is 1. The molecule has 0 N–H and O–H groups in total. The lowest BCUT2D eigenvalue weighted by Gasteiger charge is -2.16. The van der Waals surface area contributed by atoms with Gasteiger partial charge in [-0.3, -0.25) is 0 Å². The van der Waals surface area contributed by atoms with Gasteiger partial charge in [-0.05, 0) is 17.7 Å². The first-order valence-corrected chi connectivity index (χ1v) is 6.24. The standard InChI is InChI=1S/C16H16N2O2/c1-18(2)15(12-13-8-4-3-5-9-13)20-16(19)14-10-6-7-11-17-14/h3-12H,1-2H3. The first kappa shape index (κ1) is 13.8. The largest absolute Gasteiger partial charge is 0.405 e. The summed E-state index contributed by atoms with van der Waals surface area (Å²) >= 11 is 0. The molecule has 0 spiro atoms. The van der Waals surface area contributed by atoms with E-state index in [4.69, 9.17) is 4.74 Å². The van der Waals surface area contributed by atoms with E-state index in [0.717, 1.165) is 5.56 Å². The number of ether oxygens (including phenoxy) is 1. The van der Waals surface area contributed by atoms with Crippen LogP contribution in [0.1, 0.15) is 16.1 Å². The molecule has 4 nitrogen and oxygen atoms in total. The zero-order chi connectivity index (χ0) is 14.4. The number of carbonyl (C=O) groups excluding carboxylic acids is 1. The summed E-state index contributed by atoms with van der Waals surface area (Å²) in [5, 5.41) is 0. The molecule has 20 heavy (non-hydrogen) atoms. The minimum atomic E-state index is -0.471. The first-order chi connectivity index (χ1) is 9.66.